The van der Waals surface area contributed by atoms with Crippen molar-refractivity contribution in [1.29, 1.82) is 0 Å². The van der Waals surface area contributed by atoms with Crippen LogP contribution in [-0.2, 0) is 0 Å². The highest BCUT2D eigenvalue weighted by Crippen LogP contribution is 2.23. The first kappa shape index (κ1) is 15.0. The Morgan fingerprint density at radius 2 is 2.00 bits per heavy atom. The average molecular weight is 240 g/mol. The molecule has 1 N–H and O–H groups in total. The van der Waals surface area contributed by atoms with Crippen LogP contribution in [0.4, 0.5) is 0 Å². The molecular formula is C15H32N2. The summed E-state index contributed by atoms with van der Waals surface area (Å²) in [6, 6.07) is 1.56. The van der Waals surface area contributed by atoms with E-state index in [1.807, 2.05) is 0 Å². The van der Waals surface area contributed by atoms with Gasteiger partial charge in [-0.15, -0.1) is 0 Å². The Hall–Kier alpha value is -0.0800. The molecule has 0 amide bonds. The molecule has 0 aromatic heterocycles. The van der Waals surface area contributed by atoms with Gasteiger partial charge in [0.25, 0.3) is 0 Å². The second-order valence-electron chi connectivity index (χ2n) is 5.94. The molecular weight excluding hydrogens is 208 g/mol. The predicted octanol–water partition coefficient (Wildman–Crippen LogP) is 3.28. The molecule has 0 aromatic rings. The normalized spacial score (nSPS) is 23.5. The first-order valence-corrected chi connectivity index (χ1v) is 7.62. The number of rotatable bonds is 8. The van der Waals surface area contributed by atoms with E-state index in [2.05, 4.69) is 37.9 Å². The fourth-order valence-electron chi connectivity index (χ4n) is 3.10. The van der Waals surface area contributed by atoms with Crippen LogP contribution in [0.1, 0.15) is 59.8 Å². The van der Waals surface area contributed by atoms with Crippen LogP contribution < -0.4 is 5.32 Å². The number of unbranched alkanes of at least 4 members (excludes halogenated alkanes) is 1. The van der Waals surface area contributed by atoms with Crippen LogP contribution in [0.25, 0.3) is 0 Å². The number of nitrogens with zero attached hydrogens (tertiary/aromatic N) is 1. The summed E-state index contributed by atoms with van der Waals surface area (Å²) in [6.45, 7) is 13.0. The first-order chi connectivity index (χ1) is 8.15. The van der Waals surface area contributed by atoms with Crippen LogP contribution in [0.5, 0.6) is 0 Å². The van der Waals surface area contributed by atoms with E-state index in [0.717, 1.165) is 18.5 Å². The minimum Gasteiger partial charge on any atom is -0.315 e. The number of hydrogen-bond acceptors (Lipinski definition) is 2. The van der Waals surface area contributed by atoms with Gasteiger partial charge in [0, 0.05) is 12.1 Å². The standard InChI is InChI=1S/C15H32N2/c1-5-16-14(4)9-6-7-11-17-12-8-10-15(17)13(2)3/h13-16H,5-12H2,1-4H3. The molecule has 17 heavy (non-hydrogen) atoms. The summed E-state index contributed by atoms with van der Waals surface area (Å²) in [7, 11) is 0. The Morgan fingerprint density at radius 1 is 1.24 bits per heavy atom. The molecule has 1 aliphatic rings. The molecule has 0 radical (unpaired) electrons. The molecule has 2 unspecified atom stereocenters. The van der Waals surface area contributed by atoms with E-state index in [9.17, 15) is 0 Å². The quantitative estimate of drug-likeness (QED) is 0.655. The third-order valence-corrected chi connectivity index (χ3v) is 4.07. The lowest BCUT2D eigenvalue weighted by molar-refractivity contribution is 0.202. The predicted molar refractivity (Wildman–Crippen MR) is 76.4 cm³/mol. The molecule has 0 spiro atoms. The Morgan fingerprint density at radius 3 is 2.65 bits per heavy atom. The smallest absolute Gasteiger partial charge is 0.0119 e. The van der Waals surface area contributed by atoms with Crippen LogP contribution in [0.15, 0.2) is 0 Å². The summed E-state index contributed by atoms with van der Waals surface area (Å²) in [5, 5.41) is 3.49. The molecule has 0 saturated carbocycles. The van der Waals surface area contributed by atoms with Gasteiger partial charge in [-0.3, -0.25) is 0 Å². The minimum atomic E-state index is 0.694. The van der Waals surface area contributed by atoms with E-state index in [0.29, 0.717) is 6.04 Å². The van der Waals surface area contributed by atoms with Crippen molar-refractivity contribution in [2.24, 2.45) is 5.92 Å². The van der Waals surface area contributed by atoms with Crippen molar-refractivity contribution in [1.82, 2.24) is 10.2 Å². The van der Waals surface area contributed by atoms with E-state index in [1.54, 1.807) is 0 Å². The molecule has 1 fully saturated rings. The molecule has 2 atom stereocenters. The van der Waals surface area contributed by atoms with Crippen LogP contribution in [0, 0.1) is 5.92 Å². The molecule has 1 rings (SSSR count). The maximum absolute atomic E-state index is 3.49. The molecule has 1 aliphatic heterocycles. The summed E-state index contributed by atoms with van der Waals surface area (Å²) < 4.78 is 0. The highest BCUT2D eigenvalue weighted by atomic mass is 15.2. The summed E-state index contributed by atoms with van der Waals surface area (Å²) in [4.78, 5) is 2.72. The van der Waals surface area contributed by atoms with Crippen molar-refractivity contribution in [3.8, 4) is 0 Å². The third-order valence-electron chi connectivity index (χ3n) is 4.07. The Kier molecular flexibility index (Phi) is 7.14. The van der Waals surface area contributed by atoms with Gasteiger partial charge in [-0.1, -0.05) is 27.2 Å². The van der Waals surface area contributed by atoms with Crippen molar-refractivity contribution >= 4 is 0 Å². The van der Waals surface area contributed by atoms with Crippen molar-refractivity contribution in [3.05, 3.63) is 0 Å². The molecule has 0 aromatic carbocycles. The zero-order valence-corrected chi connectivity index (χ0v) is 12.3. The summed E-state index contributed by atoms with van der Waals surface area (Å²) in [5.74, 6) is 0.832. The monoisotopic (exact) mass is 240 g/mol. The van der Waals surface area contributed by atoms with Gasteiger partial charge in [0.2, 0.25) is 0 Å². The van der Waals surface area contributed by atoms with E-state index in [-0.39, 0.29) is 0 Å². The Bertz CT molecular complexity index is 191. The lowest BCUT2D eigenvalue weighted by Gasteiger charge is -2.27. The minimum absolute atomic E-state index is 0.694. The summed E-state index contributed by atoms with van der Waals surface area (Å²) in [6.07, 6.45) is 6.91. The van der Waals surface area contributed by atoms with Gasteiger partial charge in [0.05, 0.1) is 0 Å². The van der Waals surface area contributed by atoms with E-state index in [4.69, 9.17) is 0 Å². The van der Waals surface area contributed by atoms with Crippen molar-refractivity contribution in [2.75, 3.05) is 19.6 Å². The first-order valence-electron chi connectivity index (χ1n) is 7.62. The molecule has 1 saturated heterocycles. The topological polar surface area (TPSA) is 15.3 Å². The van der Waals surface area contributed by atoms with E-state index < -0.39 is 0 Å². The van der Waals surface area contributed by atoms with Gasteiger partial charge in [0.1, 0.15) is 0 Å². The van der Waals surface area contributed by atoms with Gasteiger partial charge in [0.15, 0.2) is 0 Å². The van der Waals surface area contributed by atoms with Gasteiger partial charge in [-0.05, 0) is 58.2 Å². The molecule has 102 valence electrons. The molecule has 2 nitrogen and oxygen atoms in total. The molecule has 1 heterocycles. The Balaban J connectivity index is 2.09. The Labute approximate surface area is 108 Å². The molecule has 0 aliphatic carbocycles. The zero-order chi connectivity index (χ0) is 12.7. The van der Waals surface area contributed by atoms with Gasteiger partial charge in [-0.25, -0.2) is 0 Å². The fraction of sp³-hybridized carbons (Fsp3) is 1.00. The van der Waals surface area contributed by atoms with Crippen molar-refractivity contribution in [2.45, 2.75) is 71.9 Å². The van der Waals surface area contributed by atoms with Crippen LogP contribution in [0.3, 0.4) is 0 Å². The van der Waals surface area contributed by atoms with Crippen molar-refractivity contribution < 1.29 is 0 Å². The largest absolute Gasteiger partial charge is 0.315 e. The van der Waals surface area contributed by atoms with E-state index in [1.165, 1.54) is 45.2 Å². The van der Waals surface area contributed by atoms with Gasteiger partial charge < -0.3 is 10.2 Å². The average Bonchev–Trinajstić information content (AvgIpc) is 2.73. The number of nitrogens with one attached hydrogen (secondary N) is 1. The van der Waals surface area contributed by atoms with Gasteiger partial charge in [-0.2, -0.15) is 0 Å². The third kappa shape index (κ3) is 5.39. The lowest BCUT2D eigenvalue weighted by Crippen LogP contribution is -2.34. The summed E-state index contributed by atoms with van der Waals surface area (Å²) in [5.41, 5.74) is 0. The second-order valence-corrected chi connectivity index (χ2v) is 5.94. The molecule has 0 bridgehead atoms. The maximum Gasteiger partial charge on any atom is 0.0119 e. The van der Waals surface area contributed by atoms with Crippen LogP contribution in [-0.4, -0.2) is 36.6 Å². The molecule has 2 heteroatoms. The number of likely N-dealkylation sites (tertiary alicyclic amines) is 1. The van der Waals surface area contributed by atoms with Crippen LogP contribution in [0.2, 0.25) is 0 Å². The fourth-order valence-corrected chi connectivity index (χ4v) is 3.10. The second kappa shape index (κ2) is 8.10. The highest BCUT2D eigenvalue weighted by Gasteiger charge is 2.26. The van der Waals surface area contributed by atoms with E-state index >= 15 is 0 Å². The van der Waals surface area contributed by atoms with Gasteiger partial charge >= 0.3 is 0 Å². The summed E-state index contributed by atoms with van der Waals surface area (Å²) >= 11 is 0. The SMILES string of the molecule is CCNC(C)CCCCN1CCCC1C(C)C. The van der Waals surface area contributed by atoms with Crippen LogP contribution >= 0.6 is 0 Å². The number of hydrogen-bond donors (Lipinski definition) is 1. The van der Waals surface area contributed by atoms with Crippen molar-refractivity contribution in [3.63, 3.8) is 0 Å². The lowest BCUT2D eigenvalue weighted by atomic mass is 10.0. The maximum atomic E-state index is 3.49. The zero-order valence-electron chi connectivity index (χ0n) is 12.3. The highest BCUT2D eigenvalue weighted by molar-refractivity contribution is 4.81.